The van der Waals surface area contributed by atoms with Crippen LogP contribution in [0.25, 0.3) is 0 Å². The van der Waals surface area contributed by atoms with Gasteiger partial charge < -0.3 is 10.1 Å². The van der Waals surface area contributed by atoms with E-state index in [2.05, 4.69) is 15.4 Å². The van der Waals surface area contributed by atoms with Gasteiger partial charge in [0.2, 0.25) is 5.91 Å². The third kappa shape index (κ3) is 4.20. The van der Waals surface area contributed by atoms with Crippen LogP contribution in [-0.2, 0) is 16.0 Å². The van der Waals surface area contributed by atoms with Crippen molar-refractivity contribution in [2.45, 2.75) is 38.5 Å². The predicted molar refractivity (Wildman–Crippen MR) is 105 cm³/mol. The molecular formula is C21H24N4O3. The van der Waals surface area contributed by atoms with E-state index in [1.165, 1.54) is 4.68 Å². The molecule has 1 saturated heterocycles. The van der Waals surface area contributed by atoms with Gasteiger partial charge in [0, 0.05) is 30.9 Å². The predicted octanol–water partition coefficient (Wildman–Crippen LogP) is 2.56. The summed E-state index contributed by atoms with van der Waals surface area (Å²) in [7, 11) is 0. The molecule has 4 rings (SSSR count). The average molecular weight is 380 g/mol. The van der Waals surface area contributed by atoms with Gasteiger partial charge in [-0.1, -0.05) is 29.8 Å². The van der Waals surface area contributed by atoms with Crippen LogP contribution < -0.4 is 5.32 Å². The van der Waals surface area contributed by atoms with Crippen molar-refractivity contribution in [1.82, 2.24) is 15.1 Å². The van der Waals surface area contributed by atoms with Crippen LogP contribution in [0.2, 0.25) is 0 Å². The van der Waals surface area contributed by atoms with E-state index in [1.54, 1.807) is 0 Å². The molecule has 0 atom stereocenters. The molecule has 7 heteroatoms. The van der Waals surface area contributed by atoms with E-state index in [0.717, 1.165) is 42.9 Å². The first kappa shape index (κ1) is 18.6. The SMILES string of the molecule is Cc1cccc(CC(=O)NCC2=Nc3cc(C4CCOCC4)nn3C(=O)C2)c1. The maximum absolute atomic E-state index is 12.4. The highest BCUT2D eigenvalue weighted by Crippen LogP contribution is 2.30. The third-order valence-corrected chi connectivity index (χ3v) is 5.15. The summed E-state index contributed by atoms with van der Waals surface area (Å²) in [6.45, 7) is 3.72. The van der Waals surface area contributed by atoms with Gasteiger partial charge in [0.25, 0.3) is 5.91 Å². The van der Waals surface area contributed by atoms with Gasteiger partial charge in [0.05, 0.1) is 25.1 Å². The lowest BCUT2D eigenvalue weighted by Gasteiger charge is -2.19. The molecule has 0 bridgehead atoms. The van der Waals surface area contributed by atoms with Gasteiger partial charge in [-0.05, 0) is 25.3 Å². The van der Waals surface area contributed by atoms with Crippen LogP contribution in [0.4, 0.5) is 5.82 Å². The van der Waals surface area contributed by atoms with Crippen molar-refractivity contribution in [3.8, 4) is 0 Å². The van der Waals surface area contributed by atoms with Crippen LogP contribution in [0.1, 0.15) is 46.8 Å². The van der Waals surface area contributed by atoms with Gasteiger partial charge >= 0.3 is 0 Å². The zero-order valence-electron chi connectivity index (χ0n) is 16.0. The second-order valence-electron chi connectivity index (χ2n) is 7.42. The molecule has 2 aliphatic rings. The Labute approximate surface area is 163 Å². The molecule has 1 aromatic carbocycles. The molecule has 0 unspecified atom stereocenters. The second-order valence-corrected chi connectivity index (χ2v) is 7.42. The summed E-state index contributed by atoms with van der Waals surface area (Å²) in [4.78, 5) is 29.2. The normalized spacial score (nSPS) is 17.2. The summed E-state index contributed by atoms with van der Waals surface area (Å²) in [6.07, 6.45) is 2.31. The third-order valence-electron chi connectivity index (χ3n) is 5.15. The molecule has 1 fully saturated rings. The minimum atomic E-state index is -0.105. The van der Waals surface area contributed by atoms with Gasteiger partial charge in [-0.2, -0.15) is 9.78 Å². The summed E-state index contributed by atoms with van der Waals surface area (Å²) >= 11 is 0. The van der Waals surface area contributed by atoms with E-state index in [-0.39, 0.29) is 24.8 Å². The number of rotatable bonds is 5. The Morgan fingerprint density at radius 2 is 2.11 bits per heavy atom. The van der Waals surface area contributed by atoms with Crippen LogP contribution >= 0.6 is 0 Å². The van der Waals surface area contributed by atoms with E-state index in [1.807, 2.05) is 37.3 Å². The number of hydrogen-bond donors (Lipinski definition) is 1. The highest BCUT2D eigenvalue weighted by atomic mass is 16.5. The number of ether oxygens (including phenoxy) is 1. The molecule has 28 heavy (non-hydrogen) atoms. The highest BCUT2D eigenvalue weighted by Gasteiger charge is 2.26. The highest BCUT2D eigenvalue weighted by molar-refractivity contribution is 6.07. The molecule has 1 N–H and O–H groups in total. The van der Waals surface area contributed by atoms with Crippen molar-refractivity contribution < 1.29 is 14.3 Å². The number of carbonyl (C=O) groups is 2. The average Bonchev–Trinajstić information content (AvgIpc) is 3.12. The number of fused-ring (bicyclic) bond motifs is 1. The monoisotopic (exact) mass is 380 g/mol. The van der Waals surface area contributed by atoms with E-state index < -0.39 is 0 Å². The molecule has 0 spiro atoms. The van der Waals surface area contributed by atoms with E-state index in [9.17, 15) is 9.59 Å². The number of carbonyl (C=O) groups excluding carboxylic acids is 2. The number of amides is 1. The first-order valence-electron chi connectivity index (χ1n) is 9.68. The Morgan fingerprint density at radius 3 is 2.89 bits per heavy atom. The summed E-state index contributed by atoms with van der Waals surface area (Å²) in [5.41, 5.74) is 3.66. The maximum Gasteiger partial charge on any atom is 0.254 e. The Hall–Kier alpha value is -2.80. The van der Waals surface area contributed by atoms with Crippen molar-refractivity contribution in [3.63, 3.8) is 0 Å². The first-order valence-corrected chi connectivity index (χ1v) is 9.68. The lowest BCUT2D eigenvalue weighted by atomic mass is 9.97. The minimum absolute atomic E-state index is 0.0808. The minimum Gasteiger partial charge on any atom is -0.381 e. The number of hydrogen-bond acceptors (Lipinski definition) is 5. The molecule has 0 aliphatic carbocycles. The van der Waals surface area contributed by atoms with Crippen LogP contribution in [0.5, 0.6) is 0 Å². The number of aryl methyl sites for hydroxylation is 1. The quantitative estimate of drug-likeness (QED) is 0.864. The Balaban J connectivity index is 1.40. The van der Waals surface area contributed by atoms with Gasteiger partial charge in [-0.3, -0.25) is 9.59 Å². The van der Waals surface area contributed by atoms with Crippen LogP contribution in [0, 0.1) is 6.92 Å². The van der Waals surface area contributed by atoms with Crippen molar-refractivity contribution >= 4 is 23.3 Å². The fourth-order valence-electron chi connectivity index (χ4n) is 3.67. The smallest absolute Gasteiger partial charge is 0.254 e. The van der Waals surface area contributed by atoms with Gasteiger partial charge in [0.15, 0.2) is 5.82 Å². The molecule has 0 saturated carbocycles. The van der Waals surface area contributed by atoms with Crippen molar-refractivity contribution in [2.75, 3.05) is 19.8 Å². The van der Waals surface area contributed by atoms with E-state index in [4.69, 9.17) is 4.74 Å². The second kappa shape index (κ2) is 8.06. The summed E-state index contributed by atoms with van der Waals surface area (Å²) < 4.78 is 6.79. The fourth-order valence-corrected chi connectivity index (χ4v) is 3.67. The molecular weight excluding hydrogens is 356 g/mol. The number of benzene rings is 1. The molecule has 7 nitrogen and oxygen atoms in total. The summed E-state index contributed by atoms with van der Waals surface area (Å²) in [6, 6.07) is 9.77. The summed E-state index contributed by atoms with van der Waals surface area (Å²) in [5.74, 6) is 0.682. The molecule has 2 aliphatic heterocycles. The molecule has 2 aromatic rings. The van der Waals surface area contributed by atoms with Crippen molar-refractivity contribution in [3.05, 3.63) is 47.2 Å². The molecule has 1 aromatic heterocycles. The van der Waals surface area contributed by atoms with Crippen molar-refractivity contribution in [1.29, 1.82) is 0 Å². The first-order chi connectivity index (χ1) is 13.6. The van der Waals surface area contributed by atoms with Crippen LogP contribution in [0.3, 0.4) is 0 Å². The van der Waals surface area contributed by atoms with E-state index in [0.29, 0.717) is 23.9 Å². The van der Waals surface area contributed by atoms with E-state index >= 15 is 0 Å². The molecule has 3 heterocycles. The lowest BCUT2D eigenvalue weighted by molar-refractivity contribution is -0.120. The Morgan fingerprint density at radius 1 is 1.29 bits per heavy atom. The number of aromatic nitrogens is 2. The van der Waals surface area contributed by atoms with Gasteiger partial charge in [-0.25, -0.2) is 4.99 Å². The maximum atomic E-state index is 12.4. The lowest BCUT2D eigenvalue weighted by Crippen LogP contribution is -2.33. The number of nitrogens with one attached hydrogen (secondary N) is 1. The number of aliphatic imine (C=N–C) groups is 1. The van der Waals surface area contributed by atoms with Crippen molar-refractivity contribution in [2.24, 2.45) is 4.99 Å². The molecule has 146 valence electrons. The van der Waals surface area contributed by atoms with Crippen LogP contribution in [-0.4, -0.2) is 47.1 Å². The summed E-state index contributed by atoms with van der Waals surface area (Å²) in [5, 5.41) is 7.34. The zero-order valence-corrected chi connectivity index (χ0v) is 16.0. The van der Waals surface area contributed by atoms with Gasteiger partial charge in [0.1, 0.15) is 0 Å². The topological polar surface area (TPSA) is 85.6 Å². The molecule has 0 radical (unpaired) electrons. The van der Waals surface area contributed by atoms with Gasteiger partial charge in [-0.15, -0.1) is 0 Å². The number of nitrogens with zero attached hydrogens (tertiary/aromatic N) is 3. The fraction of sp³-hybridized carbons (Fsp3) is 0.429. The largest absolute Gasteiger partial charge is 0.381 e. The Bertz CT molecular complexity index is 925. The standard InChI is InChI=1S/C21H24N4O3/c1-14-3-2-4-15(9-14)10-20(26)22-13-17-11-21(27)25-19(23-17)12-18(24-25)16-5-7-28-8-6-16/h2-4,9,12,16H,5-8,10-11,13H2,1H3,(H,22,26). The van der Waals surface area contributed by atoms with Crippen LogP contribution in [0.15, 0.2) is 35.3 Å². The zero-order chi connectivity index (χ0) is 19.5. The Kier molecular flexibility index (Phi) is 5.34. The molecule has 1 amide bonds.